The fourth-order valence-electron chi connectivity index (χ4n) is 1.99. The summed E-state index contributed by atoms with van der Waals surface area (Å²) in [5.41, 5.74) is 1.21. The molecule has 2 rings (SSSR count). The number of terminal acetylenes is 1. The molecule has 0 atom stereocenters. The maximum atomic E-state index is 12.1. The molecule has 0 fully saturated rings. The number of rotatable bonds is 1. The van der Waals surface area contributed by atoms with Crippen LogP contribution in [-0.4, -0.2) is 5.97 Å². The maximum Gasteiger partial charge on any atom is 0.316 e. The minimum atomic E-state index is -0.554. The van der Waals surface area contributed by atoms with Crippen molar-refractivity contribution in [2.45, 2.75) is 27.7 Å². The van der Waals surface area contributed by atoms with E-state index in [-0.39, 0.29) is 5.97 Å². The molecule has 0 aliphatic heterocycles. The van der Waals surface area contributed by atoms with Crippen LogP contribution < -0.4 is 4.74 Å². The highest BCUT2D eigenvalue weighted by atomic mass is 16.5. The van der Waals surface area contributed by atoms with Gasteiger partial charge in [-0.05, 0) is 50.8 Å². The number of fused-ring (bicyclic) bond motifs is 1. The van der Waals surface area contributed by atoms with Crippen molar-refractivity contribution in [2.75, 3.05) is 0 Å². The van der Waals surface area contributed by atoms with Gasteiger partial charge in [0.1, 0.15) is 5.75 Å². The van der Waals surface area contributed by atoms with Crippen LogP contribution in [0.4, 0.5) is 0 Å². The molecule has 2 aromatic carbocycles. The Hall–Kier alpha value is -2.27. The first-order valence-electron chi connectivity index (χ1n) is 6.55. The molecule has 0 aliphatic carbocycles. The third-order valence-electron chi connectivity index (χ3n) is 3.06. The zero-order chi connectivity index (χ0) is 14.9. The van der Waals surface area contributed by atoms with Crippen LogP contribution in [0.1, 0.15) is 31.9 Å². The highest BCUT2D eigenvalue weighted by Gasteiger charge is 2.24. The van der Waals surface area contributed by atoms with Crippen LogP contribution in [-0.2, 0) is 4.79 Å². The number of hydrogen-bond donors (Lipinski definition) is 0. The van der Waals surface area contributed by atoms with Crippen LogP contribution in [0.15, 0.2) is 30.3 Å². The highest BCUT2D eigenvalue weighted by Crippen LogP contribution is 2.32. The summed E-state index contributed by atoms with van der Waals surface area (Å²) in [7, 11) is 0. The quantitative estimate of drug-likeness (QED) is 0.441. The Morgan fingerprint density at radius 3 is 2.55 bits per heavy atom. The maximum absolute atomic E-state index is 12.1. The number of esters is 1. The predicted octanol–water partition coefficient (Wildman–Crippen LogP) is 4.08. The smallest absolute Gasteiger partial charge is 0.316 e. The van der Waals surface area contributed by atoms with Crippen LogP contribution in [0.25, 0.3) is 10.8 Å². The van der Waals surface area contributed by atoms with E-state index in [1.165, 1.54) is 0 Å². The first-order valence-corrected chi connectivity index (χ1v) is 6.55. The summed E-state index contributed by atoms with van der Waals surface area (Å²) in [6, 6.07) is 9.62. The van der Waals surface area contributed by atoms with Gasteiger partial charge in [-0.15, -0.1) is 6.42 Å². The number of benzene rings is 2. The van der Waals surface area contributed by atoms with Gasteiger partial charge in [0.05, 0.1) is 5.41 Å². The lowest BCUT2D eigenvalue weighted by atomic mass is 9.97. The SMILES string of the molecule is C#Cc1cccc2cc(C)cc(OC(=O)C(C)(C)C)c12. The van der Waals surface area contributed by atoms with Crippen molar-refractivity contribution < 1.29 is 9.53 Å². The fourth-order valence-corrected chi connectivity index (χ4v) is 1.99. The minimum Gasteiger partial charge on any atom is -0.425 e. The Morgan fingerprint density at radius 1 is 1.25 bits per heavy atom. The molecule has 2 aromatic rings. The molecule has 0 radical (unpaired) electrons. The Balaban J connectivity index is 2.63. The first-order chi connectivity index (χ1) is 9.32. The number of aryl methyl sites for hydroxylation is 1. The Morgan fingerprint density at radius 2 is 1.95 bits per heavy atom. The standard InChI is InChI=1S/C18H18O2/c1-6-13-8-7-9-14-10-12(2)11-15(16(13)14)20-17(19)18(3,4)5/h1,7-11H,2-5H3. The van der Waals surface area contributed by atoms with Crippen LogP contribution in [0.3, 0.4) is 0 Å². The van der Waals surface area contributed by atoms with Crippen LogP contribution >= 0.6 is 0 Å². The number of ether oxygens (including phenoxy) is 1. The summed E-state index contributed by atoms with van der Waals surface area (Å²) in [6.07, 6.45) is 5.55. The monoisotopic (exact) mass is 266 g/mol. The Kier molecular flexibility index (Phi) is 3.55. The van der Waals surface area contributed by atoms with E-state index in [1.807, 2.05) is 58.0 Å². The second-order valence-electron chi connectivity index (χ2n) is 5.95. The topological polar surface area (TPSA) is 26.3 Å². The molecular weight excluding hydrogens is 248 g/mol. The summed E-state index contributed by atoms with van der Waals surface area (Å²) in [5.74, 6) is 2.92. The van der Waals surface area contributed by atoms with E-state index < -0.39 is 5.41 Å². The first kappa shape index (κ1) is 14.1. The molecular formula is C18H18O2. The van der Waals surface area contributed by atoms with Crippen molar-refractivity contribution in [1.29, 1.82) is 0 Å². The van der Waals surface area contributed by atoms with Crippen LogP contribution in [0.5, 0.6) is 5.75 Å². The highest BCUT2D eigenvalue weighted by molar-refractivity contribution is 5.96. The van der Waals surface area contributed by atoms with Crippen LogP contribution in [0.2, 0.25) is 0 Å². The summed E-state index contributed by atoms with van der Waals surface area (Å²) < 4.78 is 5.58. The second-order valence-corrected chi connectivity index (χ2v) is 5.95. The predicted molar refractivity (Wildman–Crippen MR) is 81.7 cm³/mol. The average Bonchev–Trinajstić information content (AvgIpc) is 2.36. The van der Waals surface area contributed by atoms with Gasteiger partial charge < -0.3 is 4.74 Å². The van der Waals surface area contributed by atoms with Crippen molar-refractivity contribution in [3.05, 3.63) is 41.5 Å². The third-order valence-corrected chi connectivity index (χ3v) is 3.06. The molecule has 0 amide bonds. The number of carbonyl (C=O) groups is 1. The lowest BCUT2D eigenvalue weighted by molar-refractivity contribution is -0.142. The average molecular weight is 266 g/mol. The minimum absolute atomic E-state index is 0.267. The summed E-state index contributed by atoms with van der Waals surface area (Å²) in [4.78, 5) is 12.1. The third kappa shape index (κ3) is 2.67. The van der Waals surface area contributed by atoms with Crippen molar-refractivity contribution >= 4 is 16.7 Å². The number of carbonyl (C=O) groups excluding carboxylic acids is 1. The van der Waals surface area contributed by atoms with Gasteiger partial charge in [-0.1, -0.05) is 24.1 Å². The van der Waals surface area contributed by atoms with E-state index >= 15 is 0 Å². The largest absolute Gasteiger partial charge is 0.425 e. The van der Waals surface area contributed by atoms with Gasteiger partial charge in [0.2, 0.25) is 0 Å². The number of hydrogen-bond acceptors (Lipinski definition) is 2. The van der Waals surface area contributed by atoms with Gasteiger partial charge in [-0.2, -0.15) is 0 Å². The van der Waals surface area contributed by atoms with Gasteiger partial charge >= 0.3 is 5.97 Å². The van der Waals surface area contributed by atoms with Crippen molar-refractivity contribution in [1.82, 2.24) is 0 Å². The molecule has 0 spiro atoms. The molecule has 0 bridgehead atoms. The van der Waals surface area contributed by atoms with E-state index in [2.05, 4.69) is 5.92 Å². The molecule has 0 aromatic heterocycles. The summed E-state index contributed by atoms with van der Waals surface area (Å²) >= 11 is 0. The molecule has 2 nitrogen and oxygen atoms in total. The van der Waals surface area contributed by atoms with E-state index in [0.29, 0.717) is 5.75 Å². The zero-order valence-electron chi connectivity index (χ0n) is 12.3. The lowest BCUT2D eigenvalue weighted by Crippen LogP contribution is -2.25. The lowest BCUT2D eigenvalue weighted by Gasteiger charge is -2.18. The van der Waals surface area contributed by atoms with Crippen molar-refractivity contribution in [3.63, 3.8) is 0 Å². The van der Waals surface area contributed by atoms with Gasteiger partial charge in [0, 0.05) is 10.9 Å². The molecule has 0 unspecified atom stereocenters. The van der Waals surface area contributed by atoms with Crippen molar-refractivity contribution in [2.24, 2.45) is 5.41 Å². The van der Waals surface area contributed by atoms with Gasteiger partial charge in [-0.25, -0.2) is 0 Å². The van der Waals surface area contributed by atoms with Crippen LogP contribution in [0, 0.1) is 24.7 Å². The summed E-state index contributed by atoms with van der Waals surface area (Å²) in [6.45, 7) is 7.46. The Labute approximate surface area is 119 Å². The van der Waals surface area contributed by atoms with E-state index in [1.54, 1.807) is 0 Å². The molecule has 20 heavy (non-hydrogen) atoms. The summed E-state index contributed by atoms with van der Waals surface area (Å²) in [5, 5.41) is 1.80. The molecule has 0 aliphatic rings. The van der Waals surface area contributed by atoms with Gasteiger partial charge in [0.25, 0.3) is 0 Å². The Bertz CT molecular complexity index is 713. The van der Waals surface area contributed by atoms with E-state index in [9.17, 15) is 4.79 Å². The molecule has 0 saturated carbocycles. The normalized spacial score (nSPS) is 11.2. The van der Waals surface area contributed by atoms with E-state index in [0.717, 1.165) is 21.9 Å². The fraction of sp³-hybridized carbons (Fsp3) is 0.278. The zero-order valence-corrected chi connectivity index (χ0v) is 12.3. The molecule has 2 heteroatoms. The molecule has 0 heterocycles. The van der Waals surface area contributed by atoms with Gasteiger partial charge in [0.15, 0.2) is 0 Å². The van der Waals surface area contributed by atoms with Gasteiger partial charge in [-0.3, -0.25) is 4.79 Å². The second kappa shape index (κ2) is 5.02. The molecule has 0 N–H and O–H groups in total. The van der Waals surface area contributed by atoms with Crippen molar-refractivity contribution in [3.8, 4) is 18.1 Å². The van der Waals surface area contributed by atoms with E-state index in [4.69, 9.17) is 11.2 Å². The molecule has 102 valence electrons. The molecule has 0 saturated heterocycles.